The molecular formula is C25H26N2O4. The first-order valence-electron chi connectivity index (χ1n) is 10.7. The molecule has 160 valence electrons. The van der Waals surface area contributed by atoms with Gasteiger partial charge < -0.3 is 10.1 Å². The molecular weight excluding hydrogens is 392 g/mol. The van der Waals surface area contributed by atoms with Crippen molar-refractivity contribution >= 4 is 23.4 Å². The van der Waals surface area contributed by atoms with Gasteiger partial charge in [0.15, 0.2) is 0 Å². The zero-order valence-electron chi connectivity index (χ0n) is 17.3. The van der Waals surface area contributed by atoms with E-state index < -0.39 is 0 Å². The Bertz CT molecular complexity index is 943. The molecule has 2 aromatic rings. The van der Waals surface area contributed by atoms with Crippen molar-refractivity contribution in [3.63, 3.8) is 0 Å². The Morgan fingerprint density at radius 3 is 2.23 bits per heavy atom. The maximum absolute atomic E-state index is 12.5. The van der Waals surface area contributed by atoms with Crippen molar-refractivity contribution in [2.75, 3.05) is 11.9 Å². The third-order valence-corrected chi connectivity index (χ3v) is 5.77. The molecule has 1 N–H and O–H groups in total. The molecule has 2 aliphatic rings. The van der Waals surface area contributed by atoms with E-state index >= 15 is 0 Å². The third kappa shape index (κ3) is 5.02. The smallest absolute Gasteiger partial charge is 0.233 e. The number of carbonyl (C=O) groups excluding carboxylic acids is 3. The maximum atomic E-state index is 12.5. The maximum Gasteiger partial charge on any atom is 0.233 e. The largest absolute Gasteiger partial charge is 0.489 e. The summed E-state index contributed by atoms with van der Waals surface area (Å²) in [5.41, 5.74) is 1.77. The highest BCUT2D eigenvalue weighted by Gasteiger charge is 2.46. The quantitative estimate of drug-likeness (QED) is 0.521. The monoisotopic (exact) mass is 418 g/mol. The minimum absolute atomic E-state index is 0.0918. The van der Waals surface area contributed by atoms with Gasteiger partial charge in [0.2, 0.25) is 17.7 Å². The fourth-order valence-corrected chi connectivity index (χ4v) is 4.09. The fraction of sp³-hybridized carbons (Fsp3) is 0.320. The van der Waals surface area contributed by atoms with Gasteiger partial charge >= 0.3 is 0 Å². The van der Waals surface area contributed by atoms with Crippen LogP contribution in [-0.4, -0.2) is 29.2 Å². The lowest BCUT2D eigenvalue weighted by Crippen LogP contribution is -2.32. The number of amides is 3. The second-order valence-corrected chi connectivity index (χ2v) is 7.93. The Kier molecular flexibility index (Phi) is 6.46. The number of allylic oxidation sites excluding steroid dienone is 2. The summed E-state index contributed by atoms with van der Waals surface area (Å²) in [5.74, 6) is -0.0281. The number of benzene rings is 2. The number of nitrogens with zero attached hydrogens (tertiary/aromatic N) is 1. The van der Waals surface area contributed by atoms with Crippen LogP contribution in [0.2, 0.25) is 0 Å². The summed E-state index contributed by atoms with van der Waals surface area (Å²) < 4.78 is 5.75. The summed E-state index contributed by atoms with van der Waals surface area (Å²) in [6.07, 6.45) is 5.92. The van der Waals surface area contributed by atoms with E-state index in [2.05, 4.69) is 5.32 Å². The molecule has 4 rings (SSSR count). The molecule has 6 nitrogen and oxygen atoms in total. The van der Waals surface area contributed by atoms with Crippen LogP contribution in [0.15, 0.2) is 66.7 Å². The van der Waals surface area contributed by atoms with Gasteiger partial charge in [-0.3, -0.25) is 19.3 Å². The number of likely N-dealkylation sites (tertiary alicyclic amines) is 1. The molecule has 1 fully saturated rings. The second-order valence-electron chi connectivity index (χ2n) is 7.93. The number of ether oxygens (including phenoxy) is 1. The van der Waals surface area contributed by atoms with Crippen LogP contribution in [0.25, 0.3) is 0 Å². The zero-order chi connectivity index (χ0) is 21.6. The van der Waals surface area contributed by atoms with Crippen LogP contribution in [0.5, 0.6) is 5.75 Å². The van der Waals surface area contributed by atoms with E-state index in [0.717, 1.165) is 11.3 Å². The molecule has 3 amide bonds. The molecule has 6 heteroatoms. The van der Waals surface area contributed by atoms with Crippen molar-refractivity contribution in [2.45, 2.75) is 32.3 Å². The molecule has 0 unspecified atom stereocenters. The topological polar surface area (TPSA) is 75.7 Å². The molecule has 0 aromatic heterocycles. The van der Waals surface area contributed by atoms with Gasteiger partial charge in [-0.2, -0.15) is 0 Å². The van der Waals surface area contributed by atoms with Crippen molar-refractivity contribution in [1.82, 2.24) is 4.90 Å². The number of imide groups is 1. The molecule has 1 aliphatic heterocycles. The SMILES string of the molecule is O=C(CCCN1C(=O)[C@H]2CC=CC[C@@H]2C1=O)Nc1ccc(OCc2ccccc2)cc1. The summed E-state index contributed by atoms with van der Waals surface area (Å²) >= 11 is 0. The molecule has 2 atom stereocenters. The average Bonchev–Trinajstić information content (AvgIpc) is 3.04. The van der Waals surface area contributed by atoms with Gasteiger partial charge in [-0.25, -0.2) is 0 Å². The summed E-state index contributed by atoms with van der Waals surface area (Å²) in [6.45, 7) is 0.780. The zero-order valence-corrected chi connectivity index (χ0v) is 17.3. The Morgan fingerprint density at radius 2 is 1.58 bits per heavy atom. The molecule has 0 saturated carbocycles. The Morgan fingerprint density at radius 1 is 0.935 bits per heavy atom. The molecule has 0 radical (unpaired) electrons. The van der Waals surface area contributed by atoms with E-state index in [0.29, 0.717) is 38.1 Å². The van der Waals surface area contributed by atoms with Crippen LogP contribution in [-0.2, 0) is 21.0 Å². The number of anilines is 1. The van der Waals surface area contributed by atoms with E-state index in [-0.39, 0.29) is 36.0 Å². The molecule has 2 aromatic carbocycles. The fourth-order valence-electron chi connectivity index (χ4n) is 4.09. The highest BCUT2D eigenvalue weighted by molar-refractivity contribution is 6.05. The van der Waals surface area contributed by atoms with Crippen molar-refractivity contribution in [3.05, 3.63) is 72.3 Å². The van der Waals surface area contributed by atoms with Crippen LogP contribution in [0.3, 0.4) is 0 Å². The number of hydrogen-bond acceptors (Lipinski definition) is 4. The number of carbonyl (C=O) groups is 3. The second kappa shape index (κ2) is 9.60. The van der Waals surface area contributed by atoms with Crippen molar-refractivity contribution in [3.8, 4) is 5.75 Å². The molecule has 1 aliphatic carbocycles. The van der Waals surface area contributed by atoms with Crippen LogP contribution in [0, 0.1) is 11.8 Å². The standard InChI is InChI=1S/C25H26N2O4/c28-23(11-6-16-27-24(29)21-9-4-5-10-22(21)25(27)30)26-19-12-14-20(15-13-19)31-17-18-7-2-1-3-8-18/h1-5,7-8,12-15,21-22H,6,9-11,16-17H2,(H,26,28)/t21-,22-/m0/s1. The van der Waals surface area contributed by atoms with Crippen LogP contribution >= 0.6 is 0 Å². The van der Waals surface area contributed by atoms with Gasteiger partial charge in [0.05, 0.1) is 11.8 Å². The number of fused-ring (bicyclic) bond motifs is 1. The van der Waals surface area contributed by atoms with E-state index in [9.17, 15) is 14.4 Å². The van der Waals surface area contributed by atoms with Crippen LogP contribution in [0.1, 0.15) is 31.2 Å². The molecule has 0 bridgehead atoms. The Labute approximate surface area is 181 Å². The van der Waals surface area contributed by atoms with Gasteiger partial charge in [-0.15, -0.1) is 0 Å². The highest BCUT2D eigenvalue weighted by atomic mass is 16.5. The van der Waals surface area contributed by atoms with Crippen molar-refractivity contribution in [2.24, 2.45) is 11.8 Å². The lowest BCUT2D eigenvalue weighted by molar-refractivity contribution is -0.140. The molecule has 1 saturated heterocycles. The first kappa shape index (κ1) is 20.8. The number of hydrogen-bond donors (Lipinski definition) is 1. The van der Waals surface area contributed by atoms with Crippen LogP contribution < -0.4 is 10.1 Å². The highest BCUT2D eigenvalue weighted by Crippen LogP contribution is 2.35. The van der Waals surface area contributed by atoms with Gasteiger partial charge in [-0.1, -0.05) is 42.5 Å². The summed E-state index contributed by atoms with van der Waals surface area (Å²) in [4.78, 5) is 38.5. The lowest BCUT2D eigenvalue weighted by Gasteiger charge is -2.14. The first-order valence-corrected chi connectivity index (χ1v) is 10.7. The molecule has 1 heterocycles. The van der Waals surface area contributed by atoms with E-state index in [1.54, 1.807) is 12.1 Å². The lowest BCUT2D eigenvalue weighted by atomic mass is 9.85. The Hall–Kier alpha value is -3.41. The number of rotatable bonds is 8. The normalized spacial score (nSPS) is 19.9. The summed E-state index contributed by atoms with van der Waals surface area (Å²) in [6, 6.07) is 17.1. The van der Waals surface area contributed by atoms with Crippen molar-refractivity contribution < 1.29 is 19.1 Å². The third-order valence-electron chi connectivity index (χ3n) is 5.77. The molecule has 31 heavy (non-hydrogen) atoms. The van der Waals surface area contributed by atoms with Gasteiger partial charge in [0.1, 0.15) is 12.4 Å². The predicted octanol–water partition coefficient (Wildman–Crippen LogP) is 3.94. The van der Waals surface area contributed by atoms with E-state index in [1.807, 2.05) is 54.6 Å². The molecule has 0 spiro atoms. The minimum atomic E-state index is -0.214. The minimum Gasteiger partial charge on any atom is -0.489 e. The average molecular weight is 418 g/mol. The summed E-state index contributed by atoms with van der Waals surface area (Å²) in [7, 11) is 0. The van der Waals surface area contributed by atoms with Crippen LogP contribution in [0.4, 0.5) is 5.69 Å². The van der Waals surface area contributed by atoms with Gasteiger partial charge in [-0.05, 0) is 49.1 Å². The van der Waals surface area contributed by atoms with Crippen molar-refractivity contribution in [1.29, 1.82) is 0 Å². The summed E-state index contributed by atoms with van der Waals surface area (Å²) in [5, 5.41) is 2.85. The first-order chi connectivity index (χ1) is 15.1. The van der Waals surface area contributed by atoms with Gasteiger partial charge in [0.25, 0.3) is 0 Å². The van der Waals surface area contributed by atoms with Gasteiger partial charge in [0, 0.05) is 18.7 Å². The predicted molar refractivity (Wildman–Crippen MR) is 117 cm³/mol. The van der Waals surface area contributed by atoms with E-state index in [4.69, 9.17) is 4.74 Å². The Balaban J connectivity index is 1.20. The van der Waals surface area contributed by atoms with E-state index in [1.165, 1.54) is 4.90 Å². The number of nitrogens with one attached hydrogen (secondary N) is 1.